The third-order valence-electron chi connectivity index (χ3n) is 4.09. The number of methoxy groups -OCH3 is 2. The lowest BCUT2D eigenvalue weighted by atomic mass is 10.1. The van der Waals surface area contributed by atoms with Gasteiger partial charge in [0.2, 0.25) is 0 Å². The number of rotatable bonds is 4. The molecule has 1 aromatic heterocycles. The zero-order valence-electron chi connectivity index (χ0n) is 14.2. The highest BCUT2D eigenvalue weighted by Gasteiger charge is 2.22. The van der Waals surface area contributed by atoms with E-state index in [4.69, 9.17) is 9.47 Å². The molecule has 0 aliphatic rings. The second kappa shape index (κ2) is 6.68. The molecule has 0 aliphatic heterocycles. The molecule has 0 aliphatic carbocycles. The van der Waals surface area contributed by atoms with Crippen LogP contribution in [-0.4, -0.2) is 38.2 Å². The van der Waals surface area contributed by atoms with Crippen LogP contribution in [0.5, 0.6) is 0 Å². The molecule has 0 radical (unpaired) electrons. The van der Waals surface area contributed by atoms with Crippen LogP contribution in [0, 0.1) is 0 Å². The van der Waals surface area contributed by atoms with E-state index in [1.807, 2.05) is 36.2 Å². The molecule has 0 bridgehead atoms. The SMILES string of the molecule is COC(=O)c1ccc(N(C)c2[nH]c3ccccc3c2C(=O)OC)cc1. The molecule has 0 fully saturated rings. The van der Waals surface area contributed by atoms with Crippen molar-refractivity contribution in [2.75, 3.05) is 26.2 Å². The second-order valence-electron chi connectivity index (χ2n) is 5.48. The Bertz CT molecular complexity index is 928. The number of aromatic nitrogens is 1. The van der Waals surface area contributed by atoms with E-state index in [-0.39, 0.29) is 0 Å². The van der Waals surface area contributed by atoms with Crippen LogP contribution in [-0.2, 0) is 9.47 Å². The van der Waals surface area contributed by atoms with Gasteiger partial charge in [0.15, 0.2) is 0 Å². The van der Waals surface area contributed by atoms with Crippen LogP contribution in [0.1, 0.15) is 20.7 Å². The van der Waals surface area contributed by atoms with Gasteiger partial charge in [-0.15, -0.1) is 0 Å². The molecule has 0 spiro atoms. The van der Waals surface area contributed by atoms with Crippen LogP contribution in [0.4, 0.5) is 11.5 Å². The van der Waals surface area contributed by atoms with Crippen molar-refractivity contribution in [3.63, 3.8) is 0 Å². The van der Waals surface area contributed by atoms with E-state index in [1.54, 1.807) is 24.3 Å². The maximum Gasteiger partial charge on any atom is 0.342 e. The highest BCUT2D eigenvalue weighted by molar-refractivity contribution is 6.10. The van der Waals surface area contributed by atoms with Gasteiger partial charge in [0.05, 0.1) is 19.8 Å². The van der Waals surface area contributed by atoms with Gasteiger partial charge in [-0.25, -0.2) is 9.59 Å². The number of para-hydroxylation sites is 1. The molecular formula is C19H18N2O4. The predicted octanol–water partition coefficient (Wildman–Crippen LogP) is 3.51. The molecule has 0 saturated carbocycles. The molecule has 0 atom stereocenters. The Hall–Kier alpha value is -3.28. The number of carbonyl (C=O) groups is 2. The lowest BCUT2D eigenvalue weighted by Crippen LogP contribution is -2.14. The number of esters is 2. The van der Waals surface area contributed by atoms with Crippen LogP contribution in [0.15, 0.2) is 48.5 Å². The van der Waals surface area contributed by atoms with E-state index in [1.165, 1.54) is 14.2 Å². The number of fused-ring (bicyclic) bond motifs is 1. The molecule has 2 aromatic carbocycles. The van der Waals surface area contributed by atoms with Crippen LogP contribution in [0.25, 0.3) is 10.9 Å². The van der Waals surface area contributed by atoms with Gasteiger partial charge in [-0.1, -0.05) is 18.2 Å². The van der Waals surface area contributed by atoms with Gasteiger partial charge in [-0.05, 0) is 30.3 Å². The number of hydrogen-bond acceptors (Lipinski definition) is 5. The fraction of sp³-hybridized carbons (Fsp3) is 0.158. The molecule has 0 amide bonds. The van der Waals surface area contributed by atoms with Gasteiger partial charge in [-0.2, -0.15) is 0 Å². The van der Waals surface area contributed by atoms with Crippen molar-refractivity contribution in [2.45, 2.75) is 0 Å². The monoisotopic (exact) mass is 338 g/mol. The fourth-order valence-corrected chi connectivity index (χ4v) is 2.76. The largest absolute Gasteiger partial charge is 0.465 e. The Kier molecular flexibility index (Phi) is 4.43. The lowest BCUT2D eigenvalue weighted by molar-refractivity contribution is 0.0593. The third-order valence-corrected chi connectivity index (χ3v) is 4.09. The first-order valence-electron chi connectivity index (χ1n) is 7.68. The summed E-state index contributed by atoms with van der Waals surface area (Å²) < 4.78 is 9.65. The Morgan fingerprint density at radius 1 is 0.920 bits per heavy atom. The summed E-state index contributed by atoms with van der Waals surface area (Å²) in [5.41, 5.74) is 2.59. The van der Waals surface area contributed by atoms with Crippen molar-refractivity contribution in [2.24, 2.45) is 0 Å². The van der Waals surface area contributed by atoms with Crippen molar-refractivity contribution in [1.29, 1.82) is 0 Å². The molecule has 0 saturated heterocycles. The molecule has 25 heavy (non-hydrogen) atoms. The second-order valence-corrected chi connectivity index (χ2v) is 5.48. The first-order chi connectivity index (χ1) is 12.1. The van der Waals surface area contributed by atoms with Gasteiger partial charge in [0.25, 0.3) is 0 Å². The quantitative estimate of drug-likeness (QED) is 0.737. The van der Waals surface area contributed by atoms with Crippen LogP contribution < -0.4 is 4.90 Å². The number of benzene rings is 2. The van der Waals surface area contributed by atoms with Crippen LogP contribution >= 0.6 is 0 Å². The normalized spacial score (nSPS) is 10.5. The van der Waals surface area contributed by atoms with Crippen molar-refractivity contribution in [3.8, 4) is 0 Å². The summed E-state index contributed by atoms with van der Waals surface area (Å²) in [4.78, 5) is 29.0. The average molecular weight is 338 g/mol. The zero-order valence-corrected chi connectivity index (χ0v) is 14.2. The van der Waals surface area contributed by atoms with Crippen LogP contribution in [0.3, 0.4) is 0 Å². The molecule has 3 rings (SSSR count). The van der Waals surface area contributed by atoms with Gasteiger partial charge < -0.3 is 19.4 Å². The van der Waals surface area contributed by atoms with E-state index in [9.17, 15) is 9.59 Å². The molecule has 128 valence electrons. The number of carbonyl (C=O) groups excluding carboxylic acids is 2. The zero-order chi connectivity index (χ0) is 18.0. The Morgan fingerprint density at radius 3 is 2.20 bits per heavy atom. The molecule has 6 nitrogen and oxygen atoms in total. The minimum atomic E-state index is -0.412. The standard InChI is InChI=1S/C19H18N2O4/c1-21(13-10-8-12(9-11-13)18(22)24-2)17-16(19(23)25-3)14-6-4-5-7-15(14)20-17/h4-11,20H,1-3H3. The minimum Gasteiger partial charge on any atom is -0.465 e. The number of anilines is 2. The van der Waals surface area contributed by atoms with E-state index < -0.39 is 11.9 Å². The summed E-state index contributed by atoms with van der Waals surface area (Å²) in [6.07, 6.45) is 0. The maximum atomic E-state index is 12.3. The number of hydrogen-bond donors (Lipinski definition) is 1. The Balaban J connectivity index is 2.06. The van der Waals surface area contributed by atoms with Crippen LogP contribution in [0.2, 0.25) is 0 Å². The number of H-pyrrole nitrogens is 1. The van der Waals surface area contributed by atoms with Crippen molar-refractivity contribution >= 4 is 34.3 Å². The third kappa shape index (κ3) is 2.94. The summed E-state index contributed by atoms with van der Waals surface area (Å²) in [5.74, 6) is -0.181. The highest BCUT2D eigenvalue weighted by atomic mass is 16.5. The predicted molar refractivity (Wildman–Crippen MR) is 95.5 cm³/mol. The van der Waals surface area contributed by atoms with Crippen molar-refractivity contribution in [1.82, 2.24) is 4.98 Å². The molecule has 0 unspecified atom stereocenters. The van der Waals surface area contributed by atoms with Crippen molar-refractivity contribution < 1.29 is 19.1 Å². The van der Waals surface area contributed by atoms with E-state index in [2.05, 4.69) is 4.98 Å². The number of nitrogens with one attached hydrogen (secondary N) is 1. The van der Waals surface area contributed by atoms with Gasteiger partial charge >= 0.3 is 11.9 Å². The fourth-order valence-electron chi connectivity index (χ4n) is 2.76. The van der Waals surface area contributed by atoms with E-state index in [0.717, 1.165) is 16.6 Å². The molecule has 3 aromatic rings. The first-order valence-corrected chi connectivity index (χ1v) is 7.68. The maximum absolute atomic E-state index is 12.3. The van der Waals surface area contributed by atoms with Crippen molar-refractivity contribution in [3.05, 3.63) is 59.7 Å². The van der Waals surface area contributed by atoms with E-state index in [0.29, 0.717) is 16.9 Å². The number of ether oxygens (including phenoxy) is 2. The summed E-state index contributed by atoms with van der Waals surface area (Å²) in [6.45, 7) is 0. The lowest BCUT2D eigenvalue weighted by Gasteiger charge is -2.19. The van der Waals surface area contributed by atoms with E-state index >= 15 is 0 Å². The summed E-state index contributed by atoms with van der Waals surface area (Å²) in [7, 11) is 4.54. The molecule has 1 N–H and O–H groups in total. The summed E-state index contributed by atoms with van der Waals surface area (Å²) >= 11 is 0. The topological polar surface area (TPSA) is 71.6 Å². The molecule has 6 heteroatoms. The first kappa shape index (κ1) is 16.6. The van der Waals surface area contributed by atoms with Gasteiger partial charge in [0, 0.05) is 23.6 Å². The Labute approximate surface area is 145 Å². The van der Waals surface area contributed by atoms with Gasteiger partial charge in [0.1, 0.15) is 11.4 Å². The summed E-state index contributed by atoms with van der Waals surface area (Å²) in [5, 5.41) is 0.794. The molecule has 1 heterocycles. The average Bonchev–Trinajstić information content (AvgIpc) is 3.05. The molecular weight excluding hydrogens is 320 g/mol. The summed E-state index contributed by atoms with van der Waals surface area (Å²) in [6, 6.07) is 14.5. The minimum absolute atomic E-state index is 0.393. The van der Waals surface area contributed by atoms with Gasteiger partial charge in [-0.3, -0.25) is 0 Å². The highest BCUT2D eigenvalue weighted by Crippen LogP contribution is 2.33. The number of aromatic amines is 1. The smallest absolute Gasteiger partial charge is 0.342 e. The Morgan fingerprint density at radius 2 is 1.56 bits per heavy atom. The number of nitrogens with zero attached hydrogens (tertiary/aromatic N) is 1.